The molecule has 7 heteroatoms. The van der Waals surface area contributed by atoms with Gasteiger partial charge in [-0.25, -0.2) is 4.79 Å². The Bertz CT molecular complexity index is 666. The molecule has 4 fully saturated rings. The molecule has 1 aliphatic heterocycles. The molecular weight excluding hydrogens is 308 g/mol. The van der Waals surface area contributed by atoms with Crippen LogP contribution in [0.3, 0.4) is 0 Å². The third kappa shape index (κ3) is 2.30. The number of carbonyl (C=O) groups excluding carboxylic acids is 2. The Morgan fingerprint density at radius 3 is 2.54 bits per heavy atom. The van der Waals surface area contributed by atoms with Gasteiger partial charge in [0.05, 0.1) is 17.8 Å². The molecule has 1 saturated heterocycles. The van der Waals surface area contributed by atoms with Crippen molar-refractivity contribution in [3.05, 3.63) is 24.0 Å². The van der Waals surface area contributed by atoms with Gasteiger partial charge in [0.25, 0.3) is 5.91 Å². The average Bonchev–Trinajstić information content (AvgIpc) is 3.03. The number of pyridine rings is 1. The van der Waals surface area contributed by atoms with E-state index < -0.39 is 5.91 Å². The number of rotatable bonds is 4. The van der Waals surface area contributed by atoms with Crippen molar-refractivity contribution >= 4 is 17.7 Å². The van der Waals surface area contributed by atoms with E-state index in [4.69, 9.17) is 10.5 Å². The number of primary amides is 1. The molecule has 4 aliphatic rings. The smallest absolute Gasteiger partial charge is 0.410 e. The van der Waals surface area contributed by atoms with Crippen LogP contribution in [-0.2, 0) is 4.74 Å². The number of amides is 2. The fourth-order valence-corrected chi connectivity index (χ4v) is 4.57. The third-order valence-electron chi connectivity index (χ3n) is 6.03. The zero-order valence-corrected chi connectivity index (χ0v) is 13.6. The van der Waals surface area contributed by atoms with Crippen LogP contribution in [0.2, 0.25) is 0 Å². The summed E-state index contributed by atoms with van der Waals surface area (Å²) in [5.41, 5.74) is 6.57. The molecular formula is C17H22N4O3. The molecule has 3 aliphatic carbocycles. The van der Waals surface area contributed by atoms with E-state index in [1.54, 1.807) is 6.20 Å². The summed E-state index contributed by atoms with van der Waals surface area (Å²) in [7, 11) is 0. The lowest BCUT2D eigenvalue weighted by atomic mass is 9.61. The number of fused-ring (bicyclic) bond motifs is 3. The second-order valence-corrected chi connectivity index (χ2v) is 7.18. The third-order valence-corrected chi connectivity index (χ3v) is 6.03. The lowest BCUT2D eigenvalue weighted by Gasteiger charge is -2.56. The molecule has 0 spiro atoms. The number of nitrogens with zero attached hydrogens (tertiary/aromatic N) is 2. The number of cyclic esters (lactones) is 1. The Labute approximate surface area is 140 Å². The number of anilines is 1. The van der Waals surface area contributed by atoms with Crippen LogP contribution in [0.5, 0.6) is 0 Å². The topological polar surface area (TPSA) is 97.6 Å². The minimum Gasteiger partial charge on any atom is -0.448 e. The van der Waals surface area contributed by atoms with Gasteiger partial charge in [0.15, 0.2) is 0 Å². The number of nitrogens with one attached hydrogen (secondary N) is 1. The summed E-state index contributed by atoms with van der Waals surface area (Å²) in [6.07, 6.45) is 8.82. The molecule has 3 saturated carbocycles. The van der Waals surface area contributed by atoms with Crippen molar-refractivity contribution in [2.75, 3.05) is 18.5 Å². The molecule has 7 nitrogen and oxygen atoms in total. The monoisotopic (exact) mass is 330 g/mol. The van der Waals surface area contributed by atoms with Gasteiger partial charge in [-0.2, -0.15) is 0 Å². The molecule has 2 bridgehead atoms. The van der Waals surface area contributed by atoms with Crippen molar-refractivity contribution < 1.29 is 14.3 Å². The predicted molar refractivity (Wildman–Crippen MR) is 87.6 cm³/mol. The van der Waals surface area contributed by atoms with Gasteiger partial charge in [0.2, 0.25) is 0 Å². The van der Waals surface area contributed by atoms with Crippen molar-refractivity contribution in [1.29, 1.82) is 0 Å². The molecule has 0 atom stereocenters. The van der Waals surface area contributed by atoms with Crippen molar-refractivity contribution in [2.24, 2.45) is 5.73 Å². The lowest BCUT2D eigenvalue weighted by molar-refractivity contribution is 0.0151. The van der Waals surface area contributed by atoms with E-state index in [1.807, 2.05) is 11.0 Å². The fraction of sp³-hybridized carbons (Fsp3) is 0.588. The van der Waals surface area contributed by atoms with Gasteiger partial charge >= 0.3 is 6.09 Å². The lowest BCUT2D eigenvalue weighted by Crippen LogP contribution is -2.61. The molecule has 128 valence electrons. The fourth-order valence-electron chi connectivity index (χ4n) is 4.57. The highest BCUT2D eigenvalue weighted by molar-refractivity contribution is 5.98. The van der Waals surface area contributed by atoms with Crippen LogP contribution >= 0.6 is 0 Å². The first kappa shape index (κ1) is 15.2. The van der Waals surface area contributed by atoms with Gasteiger partial charge in [0, 0.05) is 23.5 Å². The molecule has 2 amide bonds. The normalized spacial score (nSPS) is 31.8. The summed E-state index contributed by atoms with van der Waals surface area (Å²) in [5.74, 6) is -0.470. The van der Waals surface area contributed by atoms with E-state index in [0.717, 1.165) is 44.2 Å². The summed E-state index contributed by atoms with van der Waals surface area (Å²) in [6.45, 7) is 1.21. The molecule has 1 aromatic rings. The van der Waals surface area contributed by atoms with Gasteiger partial charge in [-0.1, -0.05) is 0 Å². The van der Waals surface area contributed by atoms with Gasteiger partial charge < -0.3 is 15.8 Å². The molecule has 3 N–H and O–H groups in total. The molecule has 2 heterocycles. The quantitative estimate of drug-likeness (QED) is 0.878. The van der Waals surface area contributed by atoms with Crippen molar-refractivity contribution in [2.45, 2.75) is 49.6 Å². The Balaban J connectivity index is 1.52. The zero-order chi connectivity index (χ0) is 16.8. The number of ether oxygens (including phenoxy) is 1. The molecule has 0 unspecified atom stereocenters. The number of carbonyl (C=O) groups is 2. The first-order valence-corrected chi connectivity index (χ1v) is 8.50. The Kier molecular flexibility index (Phi) is 3.40. The van der Waals surface area contributed by atoms with Crippen LogP contribution in [0.1, 0.15) is 48.9 Å². The highest BCUT2D eigenvalue weighted by Crippen LogP contribution is 2.51. The largest absolute Gasteiger partial charge is 0.448 e. The summed E-state index contributed by atoms with van der Waals surface area (Å²) in [6, 6.07) is 1.81. The van der Waals surface area contributed by atoms with E-state index in [9.17, 15) is 9.59 Å². The molecule has 0 radical (unpaired) electrons. The maximum Gasteiger partial charge on any atom is 0.410 e. The van der Waals surface area contributed by atoms with Gasteiger partial charge in [-0.15, -0.1) is 0 Å². The SMILES string of the molecule is NC(=O)c1cnccc1NC12CCC(N3CCOC3=O)(CC1)CC2. The van der Waals surface area contributed by atoms with Gasteiger partial charge in [0.1, 0.15) is 6.61 Å². The van der Waals surface area contributed by atoms with Crippen LogP contribution in [0.4, 0.5) is 10.5 Å². The predicted octanol–water partition coefficient (Wildman–Crippen LogP) is 1.89. The minimum atomic E-state index is -0.470. The van der Waals surface area contributed by atoms with E-state index in [0.29, 0.717) is 18.7 Å². The highest BCUT2D eigenvalue weighted by Gasteiger charge is 2.53. The van der Waals surface area contributed by atoms with E-state index in [-0.39, 0.29) is 17.2 Å². The van der Waals surface area contributed by atoms with E-state index in [1.165, 1.54) is 6.20 Å². The summed E-state index contributed by atoms with van der Waals surface area (Å²) in [5, 5.41) is 3.58. The van der Waals surface area contributed by atoms with Crippen LogP contribution < -0.4 is 11.1 Å². The second-order valence-electron chi connectivity index (χ2n) is 7.18. The molecule has 24 heavy (non-hydrogen) atoms. The zero-order valence-electron chi connectivity index (χ0n) is 13.6. The Morgan fingerprint density at radius 1 is 1.25 bits per heavy atom. The average molecular weight is 330 g/mol. The molecule has 1 aromatic heterocycles. The van der Waals surface area contributed by atoms with E-state index >= 15 is 0 Å². The number of hydrogen-bond acceptors (Lipinski definition) is 5. The van der Waals surface area contributed by atoms with Crippen LogP contribution in [0.15, 0.2) is 18.5 Å². The summed E-state index contributed by atoms with van der Waals surface area (Å²) < 4.78 is 5.14. The molecule has 0 aromatic carbocycles. The first-order valence-electron chi connectivity index (χ1n) is 8.50. The summed E-state index contributed by atoms with van der Waals surface area (Å²) >= 11 is 0. The van der Waals surface area contributed by atoms with Crippen molar-refractivity contribution in [3.8, 4) is 0 Å². The highest BCUT2D eigenvalue weighted by atomic mass is 16.6. The van der Waals surface area contributed by atoms with Crippen LogP contribution in [0.25, 0.3) is 0 Å². The maximum absolute atomic E-state index is 12.0. The molecule has 5 rings (SSSR count). The standard InChI is InChI=1S/C17H22N4O3/c18-14(22)12-11-19-8-1-13(12)20-16-2-5-17(6-3-16,7-4-16)21-9-10-24-15(21)23/h1,8,11H,2-7,9-10H2,(H2,18,22)(H,19,20). The minimum absolute atomic E-state index is 0.0308. The summed E-state index contributed by atoms with van der Waals surface area (Å²) in [4.78, 5) is 29.5. The number of nitrogens with two attached hydrogens (primary N) is 1. The van der Waals surface area contributed by atoms with Crippen molar-refractivity contribution in [1.82, 2.24) is 9.88 Å². The van der Waals surface area contributed by atoms with Crippen LogP contribution in [0, 0.1) is 0 Å². The van der Waals surface area contributed by atoms with Gasteiger partial charge in [-0.3, -0.25) is 14.7 Å². The van der Waals surface area contributed by atoms with E-state index in [2.05, 4.69) is 10.3 Å². The second kappa shape index (κ2) is 5.36. The van der Waals surface area contributed by atoms with Crippen LogP contribution in [-0.4, -0.2) is 46.1 Å². The van der Waals surface area contributed by atoms with Crippen molar-refractivity contribution in [3.63, 3.8) is 0 Å². The first-order chi connectivity index (χ1) is 11.5. The van der Waals surface area contributed by atoms with Gasteiger partial charge in [-0.05, 0) is 44.6 Å². The maximum atomic E-state index is 12.0. The Morgan fingerprint density at radius 2 is 1.96 bits per heavy atom. The number of aromatic nitrogens is 1. The number of hydrogen-bond donors (Lipinski definition) is 2. The Hall–Kier alpha value is -2.31.